The van der Waals surface area contributed by atoms with Crippen molar-refractivity contribution < 1.29 is 12.6 Å². The number of nitrogens with zero attached hydrogens (tertiary/aromatic N) is 1. The minimum atomic E-state index is -3.85. The number of aryl methyl sites for hydroxylation is 1. The third kappa shape index (κ3) is 3.00. The van der Waals surface area contributed by atoms with E-state index in [0.717, 1.165) is 5.56 Å². The van der Waals surface area contributed by atoms with Crippen LogP contribution in [-0.2, 0) is 10.1 Å². The van der Waals surface area contributed by atoms with Gasteiger partial charge in [0.15, 0.2) is 0 Å². The molecular weight excluding hydrogens is 274 g/mol. The Kier molecular flexibility index (Phi) is 3.54. The van der Waals surface area contributed by atoms with Crippen LogP contribution in [-0.4, -0.2) is 13.4 Å². The molecule has 1 aromatic carbocycles. The van der Waals surface area contributed by atoms with Crippen LogP contribution in [0.25, 0.3) is 0 Å². The van der Waals surface area contributed by atoms with E-state index in [2.05, 4.69) is 4.98 Å². The number of hydrogen-bond acceptors (Lipinski definition) is 4. The van der Waals surface area contributed by atoms with E-state index in [9.17, 15) is 8.42 Å². The third-order valence-electron chi connectivity index (χ3n) is 2.20. The highest BCUT2D eigenvalue weighted by atomic mass is 35.5. The summed E-state index contributed by atoms with van der Waals surface area (Å²) in [6, 6.07) is 9.28. The zero-order valence-corrected chi connectivity index (χ0v) is 11.1. The number of pyridine rings is 1. The van der Waals surface area contributed by atoms with Gasteiger partial charge in [0.1, 0.15) is 4.90 Å². The van der Waals surface area contributed by atoms with E-state index >= 15 is 0 Å². The maximum atomic E-state index is 11.9. The molecule has 0 saturated heterocycles. The summed E-state index contributed by atoms with van der Waals surface area (Å²) in [5, 5.41) is 0.412. The molecule has 0 bridgehead atoms. The molecule has 0 amide bonds. The summed E-state index contributed by atoms with van der Waals surface area (Å²) in [6.45, 7) is 1.87. The lowest BCUT2D eigenvalue weighted by molar-refractivity contribution is 0.476. The van der Waals surface area contributed by atoms with Crippen molar-refractivity contribution in [2.75, 3.05) is 0 Å². The molecule has 1 aromatic heterocycles. The Morgan fingerprint density at radius 1 is 1.11 bits per heavy atom. The molecule has 4 nitrogen and oxygen atoms in total. The van der Waals surface area contributed by atoms with Crippen molar-refractivity contribution in [1.82, 2.24) is 4.98 Å². The zero-order chi connectivity index (χ0) is 13.2. The van der Waals surface area contributed by atoms with Gasteiger partial charge in [0.05, 0.1) is 5.02 Å². The topological polar surface area (TPSA) is 56.3 Å². The lowest BCUT2D eigenvalue weighted by atomic mass is 10.2. The molecule has 0 aliphatic heterocycles. The second-order valence-corrected chi connectivity index (χ2v) is 5.65. The van der Waals surface area contributed by atoms with E-state index in [1.54, 1.807) is 12.1 Å². The Bertz CT molecular complexity index is 636. The highest BCUT2D eigenvalue weighted by Crippen LogP contribution is 2.18. The van der Waals surface area contributed by atoms with Crippen LogP contribution < -0.4 is 4.18 Å². The average molecular weight is 284 g/mol. The smallest absolute Gasteiger partial charge is 0.340 e. The van der Waals surface area contributed by atoms with Gasteiger partial charge < -0.3 is 4.18 Å². The largest absolute Gasteiger partial charge is 0.358 e. The molecule has 0 saturated carbocycles. The van der Waals surface area contributed by atoms with E-state index in [4.69, 9.17) is 15.8 Å². The van der Waals surface area contributed by atoms with Crippen LogP contribution in [0.15, 0.2) is 47.5 Å². The molecule has 94 valence electrons. The second kappa shape index (κ2) is 4.96. The quantitative estimate of drug-likeness (QED) is 0.813. The maximum absolute atomic E-state index is 11.9. The number of rotatable bonds is 3. The van der Waals surface area contributed by atoms with Crippen LogP contribution in [0.2, 0.25) is 5.02 Å². The van der Waals surface area contributed by atoms with E-state index in [0.29, 0.717) is 5.02 Å². The Hall–Kier alpha value is -1.59. The average Bonchev–Trinajstić information content (AvgIpc) is 2.32. The molecule has 18 heavy (non-hydrogen) atoms. The molecule has 0 fully saturated rings. The highest BCUT2D eigenvalue weighted by Gasteiger charge is 2.16. The Morgan fingerprint density at radius 2 is 1.78 bits per heavy atom. The van der Waals surface area contributed by atoms with Crippen molar-refractivity contribution in [3.8, 4) is 5.88 Å². The second-order valence-electron chi connectivity index (χ2n) is 3.67. The molecule has 0 N–H and O–H groups in total. The summed E-state index contributed by atoms with van der Waals surface area (Å²) in [5.74, 6) is -0.0139. The van der Waals surface area contributed by atoms with Crippen molar-refractivity contribution in [1.29, 1.82) is 0 Å². The van der Waals surface area contributed by atoms with E-state index in [-0.39, 0.29) is 10.8 Å². The van der Waals surface area contributed by atoms with Crippen LogP contribution >= 0.6 is 11.6 Å². The van der Waals surface area contributed by atoms with Crippen LogP contribution in [0.4, 0.5) is 0 Å². The summed E-state index contributed by atoms with van der Waals surface area (Å²) in [4.78, 5) is 3.86. The van der Waals surface area contributed by atoms with Gasteiger partial charge in [0.25, 0.3) is 0 Å². The molecule has 0 unspecified atom stereocenters. The predicted octanol–water partition coefficient (Wildman–Crippen LogP) is 2.81. The molecule has 0 aliphatic rings. The van der Waals surface area contributed by atoms with Crippen LogP contribution in [0.5, 0.6) is 5.88 Å². The Balaban J connectivity index is 2.27. The lowest BCUT2D eigenvalue weighted by Gasteiger charge is -2.06. The van der Waals surface area contributed by atoms with E-state index in [1.165, 1.54) is 30.5 Å². The molecule has 0 atom stereocenters. The summed E-state index contributed by atoms with van der Waals surface area (Å²) in [6.07, 6.45) is 1.32. The number of hydrogen-bond donors (Lipinski definition) is 0. The first-order valence-electron chi connectivity index (χ1n) is 5.10. The Morgan fingerprint density at radius 3 is 2.33 bits per heavy atom. The van der Waals surface area contributed by atoms with Gasteiger partial charge in [-0.05, 0) is 25.1 Å². The molecule has 0 aliphatic carbocycles. The van der Waals surface area contributed by atoms with Gasteiger partial charge in [-0.25, -0.2) is 4.98 Å². The minimum absolute atomic E-state index is 0.0139. The molecule has 2 aromatic rings. The molecule has 2 rings (SSSR count). The van der Waals surface area contributed by atoms with E-state index < -0.39 is 10.1 Å². The van der Waals surface area contributed by atoms with Crippen molar-refractivity contribution in [2.45, 2.75) is 11.8 Å². The van der Waals surface area contributed by atoms with Gasteiger partial charge in [-0.15, -0.1) is 0 Å². The summed E-state index contributed by atoms with van der Waals surface area (Å²) >= 11 is 5.65. The van der Waals surface area contributed by atoms with E-state index in [1.807, 2.05) is 6.92 Å². The number of aromatic nitrogens is 1. The number of halogens is 1. The third-order valence-corrected chi connectivity index (χ3v) is 3.67. The fourth-order valence-corrected chi connectivity index (χ4v) is 2.28. The predicted molar refractivity (Wildman–Crippen MR) is 68.2 cm³/mol. The molecule has 6 heteroatoms. The van der Waals surface area contributed by atoms with Gasteiger partial charge in [0, 0.05) is 12.3 Å². The lowest BCUT2D eigenvalue weighted by Crippen LogP contribution is -2.10. The van der Waals surface area contributed by atoms with Gasteiger partial charge in [-0.2, -0.15) is 8.42 Å². The molecule has 1 heterocycles. The molecular formula is C12H10ClNO3S. The first-order valence-corrected chi connectivity index (χ1v) is 6.89. The normalized spacial score (nSPS) is 11.2. The maximum Gasteiger partial charge on any atom is 0.340 e. The molecule has 0 spiro atoms. The monoisotopic (exact) mass is 283 g/mol. The zero-order valence-electron chi connectivity index (χ0n) is 9.50. The van der Waals surface area contributed by atoms with Crippen LogP contribution in [0, 0.1) is 6.92 Å². The first-order chi connectivity index (χ1) is 8.47. The highest BCUT2D eigenvalue weighted by molar-refractivity contribution is 7.87. The SMILES string of the molecule is Cc1ccc(S(=O)(=O)Oc2ccc(Cl)cn2)cc1. The van der Waals surface area contributed by atoms with Crippen molar-refractivity contribution >= 4 is 21.7 Å². The van der Waals surface area contributed by atoms with Crippen molar-refractivity contribution in [3.63, 3.8) is 0 Å². The number of benzene rings is 1. The minimum Gasteiger partial charge on any atom is -0.358 e. The van der Waals surface area contributed by atoms with Crippen molar-refractivity contribution in [3.05, 3.63) is 53.2 Å². The fourth-order valence-electron chi connectivity index (χ4n) is 1.28. The van der Waals surface area contributed by atoms with Crippen molar-refractivity contribution in [2.24, 2.45) is 0 Å². The van der Waals surface area contributed by atoms with Gasteiger partial charge in [-0.3, -0.25) is 0 Å². The Labute approximate surface area is 110 Å². The van der Waals surface area contributed by atoms with Crippen LogP contribution in [0.3, 0.4) is 0 Å². The molecule has 0 radical (unpaired) electrons. The fraction of sp³-hybridized carbons (Fsp3) is 0.0833. The summed E-state index contributed by atoms with van der Waals surface area (Å²) in [7, 11) is -3.85. The first kappa shape index (κ1) is 12.9. The van der Waals surface area contributed by atoms with Gasteiger partial charge in [0.2, 0.25) is 5.88 Å². The van der Waals surface area contributed by atoms with Crippen LogP contribution in [0.1, 0.15) is 5.56 Å². The van der Waals surface area contributed by atoms with Gasteiger partial charge in [-0.1, -0.05) is 29.3 Å². The summed E-state index contributed by atoms with van der Waals surface area (Å²) in [5.41, 5.74) is 0.971. The van der Waals surface area contributed by atoms with Gasteiger partial charge >= 0.3 is 10.1 Å². The standard InChI is InChI=1S/C12H10ClNO3S/c1-9-2-5-11(6-3-9)18(15,16)17-12-7-4-10(13)8-14-12/h2-8H,1H3. The summed E-state index contributed by atoms with van der Waals surface area (Å²) < 4.78 is 28.7.